The van der Waals surface area contributed by atoms with E-state index in [4.69, 9.17) is 0 Å². The summed E-state index contributed by atoms with van der Waals surface area (Å²) in [4.78, 5) is 1.43. The SMILES string of the molecule is CCc1c(C)nn(CCNCc2sccc2C)c1C. The van der Waals surface area contributed by atoms with Gasteiger partial charge in [0, 0.05) is 23.7 Å². The molecule has 2 aromatic heterocycles. The Bertz CT molecular complexity index is 540. The van der Waals surface area contributed by atoms with Gasteiger partial charge in [-0.05, 0) is 49.8 Å². The number of aromatic nitrogens is 2. The summed E-state index contributed by atoms with van der Waals surface area (Å²) in [7, 11) is 0. The highest BCUT2D eigenvalue weighted by molar-refractivity contribution is 7.10. The molecular formula is C15H23N3S. The topological polar surface area (TPSA) is 29.9 Å². The summed E-state index contributed by atoms with van der Waals surface area (Å²) in [6.07, 6.45) is 1.07. The zero-order valence-electron chi connectivity index (χ0n) is 12.3. The van der Waals surface area contributed by atoms with E-state index in [1.165, 1.54) is 27.4 Å². The summed E-state index contributed by atoms with van der Waals surface area (Å²) in [5.74, 6) is 0. The first kappa shape index (κ1) is 14.3. The average molecular weight is 277 g/mol. The smallest absolute Gasteiger partial charge is 0.0628 e. The average Bonchev–Trinajstić information content (AvgIpc) is 2.90. The molecule has 3 nitrogen and oxygen atoms in total. The fourth-order valence-corrected chi connectivity index (χ4v) is 3.31. The van der Waals surface area contributed by atoms with Gasteiger partial charge in [0.1, 0.15) is 0 Å². The first-order chi connectivity index (χ1) is 9.13. The molecule has 19 heavy (non-hydrogen) atoms. The van der Waals surface area contributed by atoms with Gasteiger partial charge in [0.25, 0.3) is 0 Å². The maximum atomic E-state index is 4.61. The normalized spacial score (nSPS) is 11.2. The van der Waals surface area contributed by atoms with E-state index in [1.54, 1.807) is 0 Å². The van der Waals surface area contributed by atoms with Crippen molar-refractivity contribution in [1.29, 1.82) is 0 Å². The fraction of sp³-hybridized carbons (Fsp3) is 0.533. The largest absolute Gasteiger partial charge is 0.310 e. The molecule has 0 amide bonds. The van der Waals surface area contributed by atoms with Crippen LogP contribution in [0.4, 0.5) is 0 Å². The maximum Gasteiger partial charge on any atom is 0.0628 e. The number of nitrogens with zero attached hydrogens (tertiary/aromatic N) is 2. The van der Waals surface area contributed by atoms with Crippen LogP contribution >= 0.6 is 11.3 Å². The first-order valence-corrected chi connectivity index (χ1v) is 7.78. The van der Waals surface area contributed by atoms with Gasteiger partial charge >= 0.3 is 0 Å². The van der Waals surface area contributed by atoms with Crippen molar-refractivity contribution in [2.24, 2.45) is 0 Å². The Balaban J connectivity index is 1.85. The molecule has 0 aliphatic rings. The van der Waals surface area contributed by atoms with Crippen LogP contribution in [0.1, 0.15) is 34.3 Å². The van der Waals surface area contributed by atoms with Crippen molar-refractivity contribution in [1.82, 2.24) is 15.1 Å². The zero-order valence-corrected chi connectivity index (χ0v) is 13.1. The molecule has 0 saturated carbocycles. The van der Waals surface area contributed by atoms with E-state index in [0.717, 1.165) is 26.1 Å². The Morgan fingerprint density at radius 2 is 2.11 bits per heavy atom. The Labute approximate surface area is 119 Å². The minimum Gasteiger partial charge on any atom is -0.310 e. The molecule has 4 heteroatoms. The Morgan fingerprint density at radius 1 is 1.32 bits per heavy atom. The predicted molar refractivity (Wildman–Crippen MR) is 81.8 cm³/mol. The highest BCUT2D eigenvalue weighted by atomic mass is 32.1. The van der Waals surface area contributed by atoms with Crippen LogP contribution in [0.25, 0.3) is 0 Å². The van der Waals surface area contributed by atoms with Crippen molar-refractivity contribution in [3.05, 3.63) is 38.8 Å². The molecule has 0 aliphatic heterocycles. The second-order valence-corrected chi connectivity index (χ2v) is 5.93. The Hall–Kier alpha value is -1.13. The van der Waals surface area contributed by atoms with Crippen LogP contribution in [0, 0.1) is 20.8 Å². The summed E-state index contributed by atoms with van der Waals surface area (Å²) in [5.41, 5.74) is 5.27. The lowest BCUT2D eigenvalue weighted by Crippen LogP contribution is -2.20. The van der Waals surface area contributed by atoms with Gasteiger partial charge in [-0.2, -0.15) is 5.10 Å². The van der Waals surface area contributed by atoms with E-state index in [9.17, 15) is 0 Å². The van der Waals surface area contributed by atoms with E-state index in [1.807, 2.05) is 11.3 Å². The third-order valence-electron chi connectivity index (χ3n) is 3.64. The van der Waals surface area contributed by atoms with Gasteiger partial charge in [0.2, 0.25) is 0 Å². The van der Waals surface area contributed by atoms with E-state index < -0.39 is 0 Å². The molecule has 1 N–H and O–H groups in total. The quantitative estimate of drug-likeness (QED) is 0.822. The molecule has 2 rings (SSSR count). The molecule has 0 bridgehead atoms. The van der Waals surface area contributed by atoms with Gasteiger partial charge in [-0.25, -0.2) is 0 Å². The van der Waals surface area contributed by atoms with Crippen LogP contribution in [0.5, 0.6) is 0 Å². The summed E-state index contributed by atoms with van der Waals surface area (Å²) in [6, 6.07) is 2.18. The standard InChI is InChI=1S/C15H23N3S/c1-5-14-12(3)17-18(13(14)4)8-7-16-10-15-11(2)6-9-19-15/h6,9,16H,5,7-8,10H2,1-4H3. The lowest BCUT2D eigenvalue weighted by Gasteiger charge is -2.07. The number of rotatable bonds is 6. The fourth-order valence-electron chi connectivity index (χ4n) is 2.44. The molecule has 0 fully saturated rings. The third-order valence-corrected chi connectivity index (χ3v) is 4.66. The van der Waals surface area contributed by atoms with E-state index in [-0.39, 0.29) is 0 Å². The molecule has 0 unspecified atom stereocenters. The Kier molecular flexibility index (Phi) is 4.77. The Morgan fingerprint density at radius 3 is 2.68 bits per heavy atom. The van der Waals surface area contributed by atoms with Crippen LogP contribution < -0.4 is 5.32 Å². The first-order valence-electron chi connectivity index (χ1n) is 6.90. The van der Waals surface area contributed by atoms with E-state index in [2.05, 4.69) is 54.2 Å². The van der Waals surface area contributed by atoms with Crippen LogP contribution in [-0.2, 0) is 19.5 Å². The minimum atomic E-state index is 0.942. The summed E-state index contributed by atoms with van der Waals surface area (Å²) in [6.45, 7) is 11.5. The monoisotopic (exact) mass is 277 g/mol. The van der Waals surface area contributed by atoms with Crippen LogP contribution in [0.15, 0.2) is 11.4 Å². The zero-order chi connectivity index (χ0) is 13.8. The van der Waals surface area contributed by atoms with Crippen molar-refractivity contribution >= 4 is 11.3 Å². The molecule has 0 atom stereocenters. The van der Waals surface area contributed by atoms with Crippen molar-refractivity contribution in [2.45, 2.75) is 47.2 Å². The van der Waals surface area contributed by atoms with Gasteiger partial charge in [0.05, 0.1) is 12.2 Å². The predicted octanol–water partition coefficient (Wildman–Crippen LogP) is 3.22. The van der Waals surface area contributed by atoms with Gasteiger partial charge in [-0.3, -0.25) is 4.68 Å². The minimum absolute atomic E-state index is 0.942. The number of hydrogen-bond donors (Lipinski definition) is 1. The number of nitrogens with one attached hydrogen (secondary N) is 1. The molecule has 0 radical (unpaired) electrons. The molecular weight excluding hydrogens is 254 g/mol. The van der Waals surface area contributed by atoms with E-state index in [0.29, 0.717) is 0 Å². The van der Waals surface area contributed by atoms with Gasteiger partial charge in [-0.15, -0.1) is 11.3 Å². The number of thiophene rings is 1. The second-order valence-electron chi connectivity index (χ2n) is 4.93. The third kappa shape index (κ3) is 3.25. The van der Waals surface area contributed by atoms with Crippen molar-refractivity contribution in [2.75, 3.05) is 6.54 Å². The number of aryl methyl sites for hydroxylation is 2. The molecule has 2 heterocycles. The molecule has 104 valence electrons. The van der Waals surface area contributed by atoms with Crippen molar-refractivity contribution in [3.63, 3.8) is 0 Å². The highest BCUT2D eigenvalue weighted by Gasteiger charge is 2.08. The lowest BCUT2D eigenvalue weighted by atomic mass is 10.1. The molecule has 0 aliphatic carbocycles. The molecule has 0 saturated heterocycles. The van der Waals surface area contributed by atoms with Crippen molar-refractivity contribution in [3.8, 4) is 0 Å². The van der Waals surface area contributed by atoms with Gasteiger partial charge in [0.15, 0.2) is 0 Å². The molecule has 0 aromatic carbocycles. The maximum absolute atomic E-state index is 4.61. The van der Waals surface area contributed by atoms with E-state index >= 15 is 0 Å². The van der Waals surface area contributed by atoms with Crippen LogP contribution in [0.3, 0.4) is 0 Å². The summed E-state index contributed by atoms with van der Waals surface area (Å²) >= 11 is 1.82. The second kappa shape index (κ2) is 6.35. The molecule has 2 aromatic rings. The summed E-state index contributed by atoms with van der Waals surface area (Å²) < 4.78 is 2.13. The lowest BCUT2D eigenvalue weighted by molar-refractivity contribution is 0.543. The summed E-state index contributed by atoms with van der Waals surface area (Å²) in [5, 5.41) is 10.3. The van der Waals surface area contributed by atoms with Crippen LogP contribution in [0.2, 0.25) is 0 Å². The van der Waals surface area contributed by atoms with Crippen molar-refractivity contribution < 1.29 is 0 Å². The molecule has 0 spiro atoms. The number of hydrogen-bond acceptors (Lipinski definition) is 3. The highest BCUT2D eigenvalue weighted by Crippen LogP contribution is 2.15. The van der Waals surface area contributed by atoms with Crippen LogP contribution in [-0.4, -0.2) is 16.3 Å². The van der Waals surface area contributed by atoms with Gasteiger partial charge in [-0.1, -0.05) is 6.92 Å². The van der Waals surface area contributed by atoms with Gasteiger partial charge < -0.3 is 5.32 Å².